The number of rotatable bonds is 2. The van der Waals surface area contributed by atoms with Gasteiger partial charge in [0, 0.05) is 4.47 Å². The van der Waals surface area contributed by atoms with E-state index in [1.54, 1.807) is 0 Å². The third kappa shape index (κ3) is 3.96. The topological polar surface area (TPSA) is 0 Å². The molecule has 0 aliphatic heterocycles. The Morgan fingerprint density at radius 2 is 1.79 bits per heavy atom. The first-order valence-corrected chi connectivity index (χ1v) is 4.51. The molecular formula is C8H5BBrF4-. The van der Waals surface area contributed by atoms with Crippen molar-refractivity contribution in [1.29, 1.82) is 0 Å². The van der Waals surface area contributed by atoms with Crippen LogP contribution in [0.4, 0.5) is 17.3 Å². The Bertz CT molecular complexity index is 339. The molecule has 1 aromatic rings. The summed E-state index contributed by atoms with van der Waals surface area (Å²) in [7, 11) is 0. The molecule has 1 aromatic carbocycles. The lowest BCUT2D eigenvalue weighted by Gasteiger charge is -2.06. The average Bonchev–Trinajstić information content (AvgIpc) is 1.97. The lowest BCUT2D eigenvalue weighted by Crippen LogP contribution is -2.09. The van der Waals surface area contributed by atoms with E-state index in [0.717, 1.165) is 12.1 Å². The van der Waals surface area contributed by atoms with Crippen LogP contribution >= 0.6 is 15.9 Å². The van der Waals surface area contributed by atoms with Gasteiger partial charge in [-0.3, -0.25) is 0 Å². The molecule has 0 aromatic heterocycles. The van der Waals surface area contributed by atoms with Gasteiger partial charge in [-0.05, 0) is 23.8 Å². The van der Waals surface area contributed by atoms with E-state index in [0.29, 0.717) is 4.47 Å². The van der Waals surface area contributed by atoms with Gasteiger partial charge in [-0.1, -0.05) is 22.0 Å². The highest BCUT2D eigenvalue weighted by atomic mass is 79.9. The van der Waals surface area contributed by atoms with Crippen molar-refractivity contribution in [2.75, 3.05) is 0 Å². The van der Waals surface area contributed by atoms with Crippen molar-refractivity contribution in [3.63, 3.8) is 0 Å². The molecule has 0 nitrogen and oxygen atoms in total. The van der Waals surface area contributed by atoms with Crippen LogP contribution in [0.2, 0.25) is 0 Å². The van der Waals surface area contributed by atoms with Crippen LogP contribution in [0.25, 0.3) is 6.08 Å². The van der Waals surface area contributed by atoms with E-state index in [-0.39, 0.29) is 11.5 Å². The predicted molar refractivity (Wildman–Crippen MR) is 52.2 cm³/mol. The number of hydrogen-bond acceptors (Lipinski definition) is 0. The molecule has 0 spiro atoms. The average molecular weight is 268 g/mol. The van der Waals surface area contributed by atoms with Crippen LogP contribution in [0.15, 0.2) is 28.6 Å². The molecule has 0 N–H and O–H groups in total. The van der Waals surface area contributed by atoms with E-state index in [1.165, 1.54) is 12.1 Å². The van der Waals surface area contributed by atoms with Crippen molar-refractivity contribution in [2.24, 2.45) is 0 Å². The summed E-state index contributed by atoms with van der Waals surface area (Å²) < 4.78 is 48.6. The molecule has 0 atom stereocenters. The first-order chi connectivity index (χ1) is 6.37. The Balaban J connectivity index is 2.92. The van der Waals surface area contributed by atoms with Gasteiger partial charge < -0.3 is 12.9 Å². The fourth-order valence-corrected chi connectivity index (χ4v) is 1.37. The SMILES string of the molecule is Fc1cc(Br)cc(/C=C/[B-](F)(F)F)c1. The smallest absolute Gasteiger partial charge is 0.445 e. The molecule has 0 amide bonds. The summed E-state index contributed by atoms with van der Waals surface area (Å²) in [4.78, 5) is 0. The molecule has 14 heavy (non-hydrogen) atoms. The second kappa shape index (κ2) is 4.17. The molecule has 1 rings (SSSR count). The third-order valence-corrected chi connectivity index (χ3v) is 1.85. The van der Waals surface area contributed by atoms with E-state index >= 15 is 0 Å². The molecule has 6 heteroatoms. The van der Waals surface area contributed by atoms with E-state index in [2.05, 4.69) is 15.9 Å². The van der Waals surface area contributed by atoms with Crippen LogP contribution in [-0.4, -0.2) is 6.98 Å². The first-order valence-electron chi connectivity index (χ1n) is 3.72. The minimum absolute atomic E-state index is 0.126. The molecule has 76 valence electrons. The van der Waals surface area contributed by atoms with Crippen LogP contribution in [-0.2, 0) is 0 Å². The van der Waals surface area contributed by atoms with Crippen molar-refractivity contribution >= 4 is 29.0 Å². The van der Waals surface area contributed by atoms with Crippen LogP contribution in [0.5, 0.6) is 0 Å². The Labute approximate surface area is 86.8 Å². The maximum atomic E-state index is 12.7. The molecule has 0 bridgehead atoms. The van der Waals surface area contributed by atoms with Crippen molar-refractivity contribution in [1.82, 2.24) is 0 Å². The molecule has 0 saturated heterocycles. The standard InChI is InChI=1S/C8H5BBrF4/c10-7-3-6(4-8(11)5-7)1-2-9(12,13)14/h1-5H/q-1/b2-1+. The van der Waals surface area contributed by atoms with Gasteiger partial charge in [0.15, 0.2) is 0 Å². The zero-order valence-electron chi connectivity index (χ0n) is 6.85. The van der Waals surface area contributed by atoms with Gasteiger partial charge in [0.05, 0.1) is 0 Å². The Kier molecular flexibility index (Phi) is 3.36. The maximum absolute atomic E-state index is 12.7. The quantitative estimate of drug-likeness (QED) is 0.562. The van der Waals surface area contributed by atoms with Crippen LogP contribution in [0.3, 0.4) is 0 Å². The van der Waals surface area contributed by atoms with Crippen molar-refractivity contribution in [3.8, 4) is 0 Å². The second-order valence-electron chi connectivity index (χ2n) is 2.69. The molecule has 0 saturated carbocycles. The Hall–Kier alpha value is -0.775. The van der Waals surface area contributed by atoms with Gasteiger partial charge in [-0.15, -0.1) is 5.98 Å². The van der Waals surface area contributed by atoms with Crippen molar-refractivity contribution in [2.45, 2.75) is 0 Å². The summed E-state index contributed by atoms with van der Waals surface area (Å²) in [5, 5.41) is 0. The Morgan fingerprint density at radius 3 is 2.29 bits per heavy atom. The largest absolute Gasteiger partial charge is 0.502 e. The van der Waals surface area contributed by atoms with Crippen molar-refractivity contribution in [3.05, 3.63) is 40.0 Å². The summed E-state index contributed by atoms with van der Waals surface area (Å²) >= 11 is 2.98. The van der Waals surface area contributed by atoms with Crippen molar-refractivity contribution < 1.29 is 17.3 Å². The second-order valence-corrected chi connectivity index (χ2v) is 3.60. The normalized spacial score (nSPS) is 12.4. The van der Waals surface area contributed by atoms with Gasteiger partial charge in [0.1, 0.15) is 5.82 Å². The molecule has 0 aliphatic rings. The van der Waals surface area contributed by atoms with E-state index in [4.69, 9.17) is 0 Å². The molecular weight excluding hydrogens is 263 g/mol. The third-order valence-electron chi connectivity index (χ3n) is 1.39. The van der Waals surface area contributed by atoms with Gasteiger partial charge in [0.25, 0.3) is 0 Å². The summed E-state index contributed by atoms with van der Waals surface area (Å²) in [5.74, 6) is -0.449. The molecule has 0 aliphatic carbocycles. The summed E-state index contributed by atoms with van der Waals surface area (Å²) in [6.45, 7) is -4.97. The number of halogens is 5. The first kappa shape index (κ1) is 11.3. The molecule has 0 radical (unpaired) electrons. The molecule has 0 fully saturated rings. The van der Waals surface area contributed by atoms with Crippen LogP contribution in [0.1, 0.15) is 5.56 Å². The predicted octanol–water partition coefficient (Wildman–Crippen LogP) is 3.99. The lowest BCUT2D eigenvalue weighted by molar-refractivity contribution is 0.499. The Morgan fingerprint density at radius 1 is 1.14 bits per heavy atom. The zero-order valence-corrected chi connectivity index (χ0v) is 8.44. The number of benzene rings is 1. The summed E-state index contributed by atoms with van der Waals surface area (Å²) in [5.41, 5.74) is 0.177. The molecule has 0 heterocycles. The van der Waals surface area contributed by atoms with Crippen LogP contribution in [0, 0.1) is 5.82 Å². The number of hydrogen-bond donors (Lipinski definition) is 0. The fourth-order valence-electron chi connectivity index (χ4n) is 0.892. The highest BCUT2D eigenvalue weighted by molar-refractivity contribution is 9.10. The summed E-state index contributed by atoms with van der Waals surface area (Å²) in [6.07, 6.45) is 0.841. The lowest BCUT2D eigenvalue weighted by atomic mass is 9.91. The van der Waals surface area contributed by atoms with E-state index < -0.39 is 12.8 Å². The van der Waals surface area contributed by atoms with Gasteiger partial charge in [-0.25, -0.2) is 4.39 Å². The maximum Gasteiger partial charge on any atom is 0.502 e. The van der Waals surface area contributed by atoms with E-state index in [1.807, 2.05) is 0 Å². The van der Waals surface area contributed by atoms with Gasteiger partial charge >= 0.3 is 6.98 Å². The van der Waals surface area contributed by atoms with E-state index in [9.17, 15) is 17.3 Å². The zero-order chi connectivity index (χ0) is 10.8. The minimum Gasteiger partial charge on any atom is -0.445 e. The van der Waals surface area contributed by atoms with Crippen LogP contribution < -0.4 is 0 Å². The summed E-state index contributed by atoms with van der Waals surface area (Å²) in [6, 6.07) is 3.61. The highest BCUT2D eigenvalue weighted by Crippen LogP contribution is 2.18. The monoisotopic (exact) mass is 267 g/mol. The fraction of sp³-hybridized carbons (Fsp3) is 0. The minimum atomic E-state index is -4.97. The highest BCUT2D eigenvalue weighted by Gasteiger charge is 2.16. The molecule has 0 unspecified atom stereocenters. The van der Waals surface area contributed by atoms with Gasteiger partial charge in [0.2, 0.25) is 0 Å². The van der Waals surface area contributed by atoms with Gasteiger partial charge in [-0.2, -0.15) is 0 Å².